The van der Waals surface area contributed by atoms with E-state index in [2.05, 4.69) is 14.8 Å². The number of aromatic amines is 1. The second kappa shape index (κ2) is 9.86. The minimum Gasteiger partial charge on any atom is -0.350 e. The van der Waals surface area contributed by atoms with Crippen molar-refractivity contribution >= 4 is 10.9 Å². The van der Waals surface area contributed by atoms with Crippen LogP contribution in [0, 0.1) is 0 Å². The highest BCUT2D eigenvalue weighted by molar-refractivity contribution is 6.00. The largest absolute Gasteiger partial charge is 0.522 e. The summed E-state index contributed by atoms with van der Waals surface area (Å²) in [6.45, 7) is -1.16. The summed E-state index contributed by atoms with van der Waals surface area (Å²) in [6, 6.07) is 11.5. The maximum Gasteiger partial charge on any atom is 0.522 e. The van der Waals surface area contributed by atoms with E-state index in [-0.39, 0.29) is 28.0 Å². The van der Waals surface area contributed by atoms with Crippen molar-refractivity contribution in [1.82, 2.24) is 23.9 Å². The first-order chi connectivity index (χ1) is 18.8. The van der Waals surface area contributed by atoms with Gasteiger partial charge in [0, 0.05) is 66.0 Å². The molecule has 1 aromatic carbocycles. The van der Waals surface area contributed by atoms with Crippen LogP contribution in [0.5, 0.6) is 0 Å². The Balaban J connectivity index is 1.69. The van der Waals surface area contributed by atoms with Gasteiger partial charge in [-0.3, -0.25) is 14.3 Å². The lowest BCUT2D eigenvalue weighted by Gasteiger charge is -2.16. The lowest BCUT2D eigenvalue weighted by molar-refractivity contribution is -0.325. The molecule has 208 valence electrons. The number of nitrogens with one attached hydrogen (secondary N) is 1. The average Bonchev–Trinajstić information content (AvgIpc) is 3.55. The molecule has 40 heavy (non-hydrogen) atoms. The molecule has 0 saturated heterocycles. The van der Waals surface area contributed by atoms with Crippen molar-refractivity contribution in [2.45, 2.75) is 19.2 Å². The van der Waals surface area contributed by atoms with Gasteiger partial charge >= 0.3 is 12.7 Å². The Hall–Kier alpha value is -4.59. The van der Waals surface area contributed by atoms with Crippen molar-refractivity contribution < 1.29 is 31.1 Å². The standard InChI is InChI=1S/C26H19F6N5O3/c1-35-13-20(18-9-21(34-23(18)24(35)39)16-11-33-37(12-16)25(27,28)29)17-10-22(38)36(7-8-40-26(30,31)32)14-19(17)15-5-3-2-4-6-15/h2-6,9-14,34H,7-8H2,1H3. The molecule has 5 aromatic rings. The molecule has 8 nitrogen and oxygen atoms in total. The van der Waals surface area contributed by atoms with Gasteiger partial charge in [0.05, 0.1) is 12.8 Å². The van der Waals surface area contributed by atoms with Gasteiger partial charge in [-0.15, -0.1) is 26.3 Å². The lowest BCUT2D eigenvalue weighted by Crippen LogP contribution is -2.24. The minimum absolute atomic E-state index is 0.0740. The van der Waals surface area contributed by atoms with E-state index in [1.54, 1.807) is 30.3 Å². The molecule has 14 heteroatoms. The predicted molar refractivity (Wildman–Crippen MR) is 133 cm³/mol. The average molecular weight is 563 g/mol. The van der Waals surface area contributed by atoms with E-state index >= 15 is 0 Å². The number of ether oxygens (including phenoxy) is 1. The Morgan fingerprint density at radius 2 is 1.62 bits per heavy atom. The first kappa shape index (κ1) is 27.0. The number of nitrogens with zero attached hydrogens (tertiary/aromatic N) is 4. The third-order valence-electron chi connectivity index (χ3n) is 6.22. The number of H-pyrrole nitrogens is 1. The highest BCUT2D eigenvalue weighted by Gasteiger charge is 2.32. The summed E-state index contributed by atoms with van der Waals surface area (Å²) in [5.41, 5.74) is 1.12. The predicted octanol–water partition coefficient (Wildman–Crippen LogP) is 5.24. The van der Waals surface area contributed by atoms with E-state index in [1.807, 2.05) is 0 Å². The van der Waals surface area contributed by atoms with Crippen LogP contribution in [0.4, 0.5) is 26.3 Å². The maximum absolute atomic E-state index is 13.1. The Bertz CT molecular complexity index is 1810. The zero-order valence-corrected chi connectivity index (χ0v) is 20.5. The molecule has 0 fully saturated rings. The number of rotatable bonds is 6. The molecule has 0 aliphatic heterocycles. The normalized spacial score (nSPS) is 12.4. The third kappa shape index (κ3) is 5.30. The zero-order valence-electron chi connectivity index (χ0n) is 20.5. The van der Waals surface area contributed by atoms with Crippen molar-refractivity contribution in [2.75, 3.05) is 6.61 Å². The summed E-state index contributed by atoms with van der Waals surface area (Å²) in [5.74, 6) is 0. The fourth-order valence-electron chi connectivity index (χ4n) is 4.38. The first-order valence-corrected chi connectivity index (χ1v) is 11.7. The molecule has 0 saturated carbocycles. The summed E-state index contributed by atoms with van der Waals surface area (Å²) in [6.07, 6.45) is -4.92. The molecule has 0 spiro atoms. The van der Waals surface area contributed by atoms with Gasteiger partial charge in [0.2, 0.25) is 0 Å². The van der Waals surface area contributed by atoms with E-state index < -0.39 is 30.4 Å². The number of hydrogen-bond donors (Lipinski definition) is 1. The van der Waals surface area contributed by atoms with E-state index in [0.29, 0.717) is 27.6 Å². The summed E-state index contributed by atoms with van der Waals surface area (Å²) in [7, 11) is 1.48. The van der Waals surface area contributed by atoms with Gasteiger partial charge in [0.25, 0.3) is 11.1 Å². The van der Waals surface area contributed by atoms with E-state index in [4.69, 9.17) is 0 Å². The minimum atomic E-state index is -4.85. The Morgan fingerprint density at radius 3 is 2.27 bits per heavy atom. The molecule has 0 unspecified atom stereocenters. The molecule has 1 N–H and O–H groups in total. The first-order valence-electron chi connectivity index (χ1n) is 11.7. The van der Waals surface area contributed by atoms with Gasteiger partial charge in [-0.25, -0.2) is 0 Å². The summed E-state index contributed by atoms with van der Waals surface area (Å²) < 4.78 is 82.7. The molecular formula is C26H19F6N5O3. The second-order valence-electron chi connectivity index (χ2n) is 8.86. The molecule has 0 aliphatic rings. The van der Waals surface area contributed by atoms with Gasteiger partial charge in [0.1, 0.15) is 5.52 Å². The fraction of sp³-hybridized carbons (Fsp3) is 0.192. The van der Waals surface area contributed by atoms with Crippen molar-refractivity contribution in [3.05, 3.63) is 88.0 Å². The smallest absolute Gasteiger partial charge is 0.350 e. The van der Waals surface area contributed by atoms with Gasteiger partial charge < -0.3 is 14.1 Å². The van der Waals surface area contributed by atoms with Crippen LogP contribution in [0.3, 0.4) is 0 Å². The molecule has 0 amide bonds. The van der Waals surface area contributed by atoms with Crippen molar-refractivity contribution in [3.8, 4) is 33.5 Å². The van der Waals surface area contributed by atoms with E-state index in [0.717, 1.165) is 17.0 Å². The van der Waals surface area contributed by atoms with Gasteiger partial charge in [-0.1, -0.05) is 30.3 Å². The van der Waals surface area contributed by atoms with Crippen LogP contribution in [0.25, 0.3) is 44.4 Å². The quantitative estimate of drug-likeness (QED) is 0.287. The van der Waals surface area contributed by atoms with Gasteiger partial charge in [-0.05, 0) is 17.2 Å². The van der Waals surface area contributed by atoms with Crippen LogP contribution >= 0.6 is 0 Å². The van der Waals surface area contributed by atoms with Crippen LogP contribution < -0.4 is 11.1 Å². The Kier molecular flexibility index (Phi) is 6.66. The highest BCUT2D eigenvalue weighted by Crippen LogP contribution is 2.36. The molecule has 5 rings (SSSR count). The van der Waals surface area contributed by atoms with Gasteiger partial charge in [-0.2, -0.15) is 9.78 Å². The Labute approximate surface area is 220 Å². The third-order valence-corrected chi connectivity index (χ3v) is 6.22. The molecule has 4 heterocycles. The van der Waals surface area contributed by atoms with Crippen molar-refractivity contribution in [1.29, 1.82) is 0 Å². The number of fused-ring (bicyclic) bond motifs is 1. The van der Waals surface area contributed by atoms with E-state index in [1.165, 1.54) is 36.1 Å². The molecular weight excluding hydrogens is 544 g/mol. The summed E-state index contributed by atoms with van der Waals surface area (Å²) in [4.78, 5) is 28.8. The maximum atomic E-state index is 13.1. The topological polar surface area (TPSA) is 86.8 Å². The molecule has 0 radical (unpaired) electrons. The molecule has 0 bridgehead atoms. The van der Waals surface area contributed by atoms with Gasteiger partial charge in [0.15, 0.2) is 0 Å². The Morgan fingerprint density at radius 1 is 0.900 bits per heavy atom. The number of alkyl halides is 6. The monoisotopic (exact) mass is 563 g/mol. The van der Waals surface area contributed by atoms with Crippen molar-refractivity contribution in [2.24, 2.45) is 7.05 Å². The van der Waals surface area contributed by atoms with Crippen molar-refractivity contribution in [3.63, 3.8) is 0 Å². The number of benzene rings is 1. The zero-order chi connectivity index (χ0) is 28.8. The lowest BCUT2D eigenvalue weighted by atomic mass is 9.95. The second-order valence-corrected chi connectivity index (χ2v) is 8.86. The van der Waals surface area contributed by atoms with Crippen LogP contribution in [0.15, 0.2) is 76.8 Å². The number of hydrogen-bond acceptors (Lipinski definition) is 4. The van der Waals surface area contributed by atoms with Crippen LogP contribution in [0.2, 0.25) is 0 Å². The molecule has 0 aliphatic carbocycles. The van der Waals surface area contributed by atoms with Crippen LogP contribution in [-0.4, -0.2) is 36.9 Å². The number of pyridine rings is 2. The fourth-order valence-corrected chi connectivity index (χ4v) is 4.38. The SMILES string of the molecule is Cn1cc(-c2cc(=O)n(CCOC(F)(F)F)cc2-c2ccccc2)c2cc(-c3cnn(C(F)(F)F)c3)[nH]c2c1=O. The van der Waals surface area contributed by atoms with Crippen LogP contribution in [-0.2, 0) is 24.6 Å². The summed E-state index contributed by atoms with van der Waals surface area (Å²) >= 11 is 0. The number of aryl methyl sites for hydroxylation is 1. The number of halogens is 6. The van der Waals surface area contributed by atoms with Crippen LogP contribution in [0.1, 0.15) is 0 Å². The number of aromatic nitrogens is 5. The molecule has 0 atom stereocenters. The highest BCUT2D eigenvalue weighted by atomic mass is 19.4. The molecule has 4 aromatic heterocycles. The van der Waals surface area contributed by atoms with E-state index in [9.17, 15) is 35.9 Å². The summed E-state index contributed by atoms with van der Waals surface area (Å²) in [5, 5.41) is 3.66.